The van der Waals surface area contributed by atoms with E-state index in [1.807, 2.05) is 12.1 Å². The first-order valence-corrected chi connectivity index (χ1v) is 6.35. The molecule has 1 fully saturated rings. The van der Waals surface area contributed by atoms with Gasteiger partial charge < -0.3 is 15.4 Å². The number of rotatable bonds is 4. The van der Waals surface area contributed by atoms with Gasteiger partial charge in [0.05, 0.1) is 18.3 Å². The third-order valence-corrected chi connectivity index (χ3v) is 3.16. The average molecular weight is 266 g/mol. The number of aromatic nitrogens is 1. The van der Waals surface area contributed by atoms with E-state index in [1.165, 1.54) is 0 Å². The lowest BCUT2D eigenvalue weighted by molar-refractivity contribution is 0.291. The summed E-state index contributed by atoms with van der Waals surface area (Å²) < 4.78 is 5.10. The van der Waals surface area contributed by atoms with Crippen molar-refractivity contribution in [2.75, 3.05) is 44.7 Å². The lowest BCUT2D eigenvalue weighted by atomic mass is 10.3. The van der Waals surface area contributed by atoms with Crippen molar-refractivity contribution < 1.29 is 4.74 Å². The number of methoxy groups -OCH3 is 1. The molecule has 2 N–H and O–H groups in total. The molecule has 0 aliphatic carbocycles. The molecule has 0 saturated carbocycles. The van der Waals surface area contributed by atoms with Gasteiger partial charge in [-0.25, -0.2) is 4.98 Å². The van der Waals surface area contributed by atoms with Crippen molar-refractivity contribution in [1.29, 1.82) is 0 Å². The fourth-order valence-electron chi connectivity index (χ4n) is 2.04. The van der Waals surface area contributed by atoms with E-state index in [0.29, 0.717) is 11.5 Å². The molecule has 0 aromatic carbocycles. The first-order chi connectivity index (χ1) is 8.69. The van der Waals surface area contributed by atoms with Gasteiger partial charge in [-0.15, -0.1) is 0 Å². The van der Waals surface area contributed by atoms with Crippen LogP contribution in [0.1, 0.15) is 0 Å². The summed E-state index contributed by atoms with van der Waals surface area (Å²) in [7, 11) is 1.64. The summed E-state index contributed by atoms with van der Waals surface area (Å²) in [5.74, 6) is 1.77. The van der Waals surface area contributed by atoms with E-state index in [2.05, 4.69) is 14.8 Å². The lowest BCUT2D eigenvalue weighted by Crippen LogP contribution is -2.48. The maximum absolute atomic E-state index is 5.55. The molecule has 0 bridgehead atoms. The van der Waals surface area contributed by atoms with Gasteiger partial charge in [-0.05, 0) is 12.1 Å². The molecule has 18 heavy (non-hydrogen) atoms. The summed E-state index contributed by atoms with van der Waals surface area (Å²) in [6.45, 7) is 4.53. The van der Waals surface area contributed by atoms with Crippen LogP contribution in [0.15, 0.2) is 18.3 Å². The summed E-state index contributed by atoms with van der Waals surface area (Å²) >= 11 is 4.92. The fourth-order valence-corrected chi connectivity index (χ4v) is 2.22. The van der Waals surface area contributed by atoms with Crippen LogP contribution >= 0.6 is 12.2 Å². The first kappa shape index (κ1) is 13.0. The molecule has 98 valence electrons. The monoisotopic (exact) mass is 266 g/mol. The number of piperazine rings is 1. The van der Waals surface area contributed by atoms with E-state index in [4.69, 9.17) is 22.7 Å². The van der Waals surface area contributed by atoms with E-state index in [9.17, 15) is 0 Å². The third kappa shape index (κ3) is 3.30. The Hall–Kier alpha value is -1.40. The van der Waals surface area contributed by atoms with Crippen LogP contribution in [0.2, 0.25) is 0 Å². The van der Waals surface area contributed by atoms with Gasteiger partial charge >= 0.3 is 0 Å². The van der Waals surface area contributed by atoms with Crippen LogP contribution in [0.25, 0.3) is 0 Å². The Bertz CT molecular complexity index is 401. The molecule has 2 rings (SSSR count). The molecule has 1 aliphatic heterocycles. The van der Waals surface area contributed by atoms with Crippen molar-refractivity contribution in [2.45, 2.75) is 0 Å². The highest BCUT2D eigenvalue weighted by Crippen LogP contribution is 2.16. The molecule has 0 amide bonds. The van der Waals surface area contributed by atoms with Crippen LogP contribution < -0.4 is 15.4 Å². The van der Waals surface area contributed by atoms with Gasteiger partial charge in [0, 0.05) is 32.7 Å². The number of thiocarbonyl (C=S) groups is 1. The number of anilines is 1. The van der Waals surface area contributed by atoms with Gasteiger partial charge in [0.1, 0.15) is 11.6 Å². The van der Waals surface area contributed by atoms with Crippen molar-refractivity contribution in [3.63, 3.8) is 0 Å². The third-order valence-electron chi connectivity index (χ3n) is 3.03. The molecule has 0 unspecified atom stereocenters. The minimum atomic E-state index is 0.561. The fraction of sp³-hybridized carbons (Fsp3) is 0.500. The van der Waals surface area contributed by atoms with Crippen LogP contribution in [-0.4, -0.2) is 54.7 Å². The van der Waals surface area contributed by atoms with Crippen molar-refractivity contribution in [3.8, 4) is 5.75 Å². The molecule has 1 aliphatic rings. The first-order valence-electron chi connectivity index (χ1n) is 5.94. The second kappa shape index (κ2) is 5.97. The maximum Gasteiger partial charge on any atom is 0.137 e. The van der Waals surface area contributed by atoms with Crippen molar-refractivity contribution in [1.82, 2.24) is 9.88 Å². The minimum absolute atomic E-state index is 0.561. The standard InChI is InChI=1S/C12H18N4OS/c1-17-10-2-3-12(14-8-10)16-6-4-15(5-7-16)9-11(13)18/h2-3,8H,4-7,9H2,1H3,(H2,13,18). The summed E-state index contributed by atoms with van der Waals surface area (Å²) in [4.78, 5) is 9.48. The number of nitrogens with zero attached hydrogens (tertiary/aromatic N) is 3. The van der Waals surface area contributed by atoms with Gasteiger partial charge in [0.2, 0.25) is 0 Å². The zero-order chi connectivity index (χ0) is 13.0. The molecule has 5 nitrogen and oxygen atoms in total. The number of ether oxygens (including phenoxy) is 1. The highest BCUT2D eigenvalue weighted by molar-refractivity contribution is 7.80. The Balaban J connectivity index is 1.90. The van der Waals surface area contributed by atoms with Crippen LogP contribution in [0, 0.1) is 0 Å². The smallest absolute Gasteiger partial charge is 0.137 e. The number of hydrogen-bond acceptors (Lipinski definition) is 5. The van der Waals surface area contributed by atoms with Crippen molar-refractivity contribution in [3.05, 3.63) is 18.3 Å². The summed E-state index contributed by atoms with van der Waals surface area (Å²) in [5, 5.41) is 0. The Morgan fingerprint density at radius 1 is 1.39 bits per heavy atom. The predicted molar refractivity (Wildman–Crippen MR) is 76.2 cm³/mol. The van der Waals surface area contributed by atoms with Gasteiger partial charge in [0.15, 0.2) is 0 Å². The van der Waals surface area contributed by atoms with Gasteiger partial charge in [0.25, 0.3) is 0 Å². The van der Waals surface area contributed by atoms with E-state index in [-0.39, 0.29) is 0 Å². The summed E-state index contributed by atoms with van der Waals surface area (Å²) in [5.41, 5.74) is 5.55. The Labute approximate surface area is 113 Å². The summed E-state index contributed by atoms with van der Waals surface area (Å²) in [6, 6.07) is 3.92. The zero-order valence-electron chi connectivity index (χ0n) is 10.5. The minimum Gasteiger partial charge on any atom is -0.495 e. The predicted octanol–water partition coefficient (Wildman–Crippen LogP) is 0.498. The second-order valence-corrected chi connectivity index (χ2v) is 4.81. The van der Waals surface area contributed by atoms with E-state index >= 15 is 0 Å². The highest BCUT2D eigenvalue weighted by atomic mass is 32.1. The number of hydrogen-bond donors (Lipinski definition) is 1. The molecule has 1 aromatic heterocycles. The summed E-state index contributed by atoms with van der Waals surface area (Å²) in [6.07, 6.45) is 1.75. The zero-order valence-corrected chi connectivity index (χ0v) is 11.3. The van der Waals surface area contributed by atoms with E-state index in [1.54, 1.807) is 13.3 Å². The van der Waals surface area contributed by atoms with E-state index < -0.39 is 0 Å². The van der Waals surface area contributed by atoms with E-state index in [0.717, 1.165) is 37.7 Å². The molecular weight excluding hydrogens is 248 g/mol. The molecule has 0 radical (unpaired) electrons. The van der Waals surface area contributed by atoms with Crippen LogP contribution in [-0.2, 0) is 0 Å². The number of nitrogens with two attached hydrogens (primary N) is 1. The van der Waals surface area contributed by atoms with Gasteiger partial charge in [-0.3, -0.25) is 4.90 Å². The highest BCUT2D eigenvalue weighted by Gasteiger charge is 2.18. The molecular formula is C12H18N4OS. The molecule has 1 aromatic rings. The number of pyridine rings is 1. The molecule has 1 saturated heterocycles. The molecule has 0 atom stereocenters. The van der Waals surface area contributed by atoms with Gasteiger partial charge in [-0.1, -0.05) is 12.2 Å². The molecule has 0 spiro atoms. The maximum atomic E-state index is 5.55. The van der Waals surface area contributed by atoms with Crippen molar-refractivity contribution in [2.24, 2.45) is 5.73 Å². The Morgan fingerprint density at radius 2 is 2.11 bits per heavy atom. The molecule has 2 heterocycles. The van der Waals surface area contributed by atoms with Crippen LogP contribution in [0.5, 0.6) is 5.75 Å². The largest absolute Gasteiger partial charge is 0.495 e. The quantitative estimate of drug-likeness (QED) is 0.801. The van der Waals surface area contributed by atoms with Crippen LogP contribution in [0.4, 0.5) is 5.82 Å². The molecule has 6 heteroatoms. The van der Waals surface area contributed by atoms with Crippen molar-refractivity contribution >= 4 is 23.0 Å². The lowest BCUT2D eigenvalue weighted by Gasteiger charge is -2.35. The normalized spacial score (nSPS) is 16.6. The van der Waals surface area contributed by atoms with Crippen LogP contribution in [0.3, 0.4) is 0 Å². The topological polar surface area (TPSA) is 54.6 Å². The SMILES string of the molecule is COc1ccc(N2CCN(CC(N)=S)CC2)nc1. The Morgan fingerprint density at radius 3 is 2.61 bits per heavy atom. The van der Waals surface area contributed by atoms with Gasteiger partial charge in [-0.2, -0.15) is 0 Å². The Kier molecular flexibility index (Phi) is 4.33. The average Bonchev–Trinajstić information content (AvgIpc) is 2.39. The second-order valence-electron chi connectivity index (χ2n) is 4.29.